The second kappa shape index (κ2) is 6.82. The lowest BCUT2D eigenvalue weighted by atomic mass is 10.1. The molecule has 0 saturated heterocycles. The minimum Gasteiger partial charge on any atom is -0.494 e. The summed E-state index contributed by atoms with van der Waals surface area (Å²) >= 11 is 0. The molecule has 0 aliphatic carbocycles. The predicted octanol–water partition coefficient (Wildman–Crippen LogP) is 3.81. The number of fused-ring (bicyclic) bond motifs is 1. The van der Waals surface area contributed by atoms with E-state index in [0.717, 1.165) is 10.8 Å². The minimum atomic E-state index is -3.68. The molecule has 4 nitrogen and oxygen atoms in total. The molecule has 130 valence electrons. The number of sulfonamides is 1. The maximum atomic E-state index is 13.8. The largest absolute Gasteiger partial charge is 0.494 e. The van der Waals surface area contributed by atoms with E-state index < -0.39 is 15.8 Å². The SMILES string of the molecule is COc1ccc(CN(C)S(=O)(=O)c2ccc3ccccc3c2)cc1F. The summed E-state index contributed by atoms with van der Waals surface area (Å²) in [6.07, 6.45) is 0. The molecular formula is C19H18FNO3S. The van der Waals surface area contributed by atoms with E-state index in [1.165, 1.54) is 30.6 Å². The van der Waals surface area contributed by atoms with E-state index in [1.54, 1.807) is 24.3 Å². The van der Waals surface area contributed by atoms with Gasteiger partial charge in [0.05, 0.1) is 12.0 Å². The van der Waals surface area contributed by atoms with Gasteiger partial charge in [0.1, 0.15) is 0 Å². The second-order valence-corrected chi connectivity index (χ2v) is 7.78. The number of nitrogens with zero attached hydrogens (tertiary/aromatic N) is 1. The molecule has 0 aliphatic rings. The van der Waals surface area contributed by atoms with Crippen LogP contribution >= 0.6 is 0 Å². The Hall–Kier alpha value is -2.44. The first kappa shape index (κ1) is 17.4. The fourth-order valence-corrected chi connectivity index (χ4v) is 3.85. The van der Waals surface area contributed by atoms with Crippen molar-refractivity contribution in [2.24, 2.45) is 0 Å². The summed E-state index contributed by atoms with van der Waals surface area (Å²) < 4.78 is 45.5. The van der Waals surface area contributed by atoms with Crippen LogP contribution in [-0.2, 0) is 16.6 Å². The molecule has 3 aromatic carbocycles. The van der Waals surface area contributed by atoms with E-state index in [2.05, 4.69) is 0 Å². The molecule has 0 heterocycles. The normalized spacial score (nSPS) is 11.8. The minimum absolute atomic E-state index is 0.0656. The van der Waals surface area contributed by atoms with Crippen molar-refractivity contribution in [3.63, 3.8) is 0 Å². The lowest BCUT2D eigenvalue weighted by Crippen LogP contribution is -2.26. The molecule has 0 unspecified atom stereocenters. The van der Waals surface area contributed by atoms with Crippen molar-refractivity contribution >= 4 is 20.8 Å². The average molecular weight is 359 g/mol. The van der Waals surface area contributed by atoms with E-state index in [1.807, 2.05) is 24.3 Å². The van der Waals surface area contributed by atoms with Gasteiger partial charge in [0.15, 0.2) is 11.6 Å². The zero-order chi connectivity index (χ0) is 18.0. The van der Waals surface area contributed by atoms with Gasteiger partial charge in [-0.3, -0.25) is 0 Å². The van der Waals surface area contributed by atoms with Gasteiger partial charge in [0.25, 0.3) is 0 Å². The van der Waals surface area contributed by atoms with Gasteiger partial charge in [0, 0.05) is 13.6 Å². The maximum absolute atomic E-state index is 13.8. The monoisotopic (exact) mass is 359 g/mol. The highest BCUT2D eigenvalue weighted by Crippen LogP contribution is 2.23. The highest BCUT2D eigenvalue weighted by molar-refractivity contribution is 7.89. The molecule has 0 atom stereocenters. The van der Waals surface area contributed by atoms with Crippen molar-refractivity contribution in [2.45, 2.75) is 11.4 Å². The van der Waals surface area contributed by atoms with E-state index in [-0.39, 0.29) is 17.2 Å². The Kier molecular flexibility index (Phi) is 4.74. The van der Waals surface area contributed by atoms with Gasteiger partial charge in [0.2, 0.25) is 10.0 Å². The standard InChI is InChI=1S/C19H18FNO3S/c1-21(13-14-7-10-19(24-2)18(20)11-14)25(22,23)17-9-8-15-5-3-4-6-16(15)12-17/h3-12H,13H2,1-2H3. The maximum Gasteiger partial charge on any atom is 0.243 e. The average Bonchev–Trinajstić information content (AvgIpc) is 2.61. The van der Waals surface area contributed by atoms with Crippen LogP contribution in [-0.4, -0.2) is 26.9 Å². The van der Waals surface area contributed by atoms with E-state index in [4.69, 9.17) is 4.74 Å². The molecule has 0 saturated carbocycles. The van der Waals surface area contributed by atoms with Crippen molar-refractivity contribution in [1.82, 2.24) is 4.31 Å². The Bertz CT molecular complexity index is 1020. The van der Waals surface area contributed by atoms with Gasteiger partial charge >= 0.3 is 0 Å². The molecule has 6 heteroatoms. The highest BCUT2D eigenvalue weighted by atomic mass is 32.2. The third kappa shape index (κ3) is 3.50. The molecule has 0 radical (unpaired) electrons. The quantitative estimate of drug-likeness (QED) is 0.696. The Labute approximate surface area is 146 Å². The Morgan fingerprint density at radius 2 is 1.72 bits per heavy atom. The highest BCUT2D eigenvalue weighted by Gasteiger charge is 2.21. The molecule has 3 rings (SSSR count). The molecule has 25 heavy (non-hydrogen) atoms. The lowest BCUT2D eigenvalue weighted by Gasteiger charge is -2.18. The summed E-state index contributed by atoms with van der Waals surface area (Å²) in [6, 6.07) is 17.0. The van der Waals surface area contributed by atoms with Crippen LogP contribution in [0.25, 0.3) is 10.8 Å². The van der Waals surface area contributed by atoms with Crippen LogP contribution in [0.15, 0.2) is 65.6 Å². The first-order valence-electron chi connectivity index (χ1n) is 7.69. The predicted molar refractivity (Wildman–Crippen MR) is 95.6 cm³/mol. The fourth-order valence-electron chi connectivity index (χ4n) is 2.66. The summed E-state index contributed by atoms with van der Waals surface area (Å²) in [6.45, 7) is 0.0656. The summed E-state index contributed by atoms with van der Waals surface area (Å²) in [7, 11) is -0.815. The smallest absolute Gasteiger partial charge is 0.243 e. The van der Waals surface area contributed by atoms with Crippen LogP contribution in [0.2, 0.25) is 0 Å². The summed E-state index contributed by atoms with van der Waals surface area (Å²) in [5.74, 6) is -0.389. The molecule has 0 amide bonds. The van der Waals surface area contributed by atoms with Gasteiger partial charge in [-0.15, -0.1) is 0 Å². The van der Waals surface area contributed by atoms with Crippen molar-refractivity contribution in [3.05, 3.63) is 72.0 Å². The number of halogens is 1. The Balaban J connectivity index is 1.88. The van der Waals surface area contributed by atoms with Crippen LogP contribution in [0.4, 0.5) is 4.39 Å². The summed E-state index contributed by atoms with van der Waals surface area (Å²) in [5, 5.41) is 1.83. The van der Waals surface area contributed by atoms with Gasteiger partial charge in [-0.2, -0.15) is 4.31 Å². The number of rotatable bonds is 5. The Morgan fingerprint density at radius 3 is 2.40 bits per heavy atom. The van der Waals surface area contributed by atoms with Crippen molar-refractivity contribution in [1.29, 1.82) is 0 Å². The summed E-state index contributed by atoms with van der Waals surface area (Å²) in [4.78, 5) is 0.211. The summed E-state index contributed by atoms with van der Waals surface area (Å²) in [5.41, 5.74) is 0.546. The Morgan fingerprint density at radius 1 is 1.00 bits per heavy atom. The molecule has 3 aromatic rings. The fraction of sp³-hybridized carbons (Fsp3) is 0.158. The van der Waals surface area contributed by atoms with Crippen molar-refractivity contribution in [3.8, 4) is 5.75 Å². The van der Waals surface area contributed by atoms with Crippen LogP contribution in [0.1, 0.15) is 5.56 Å². The van der Waals surface area contributed by atoms with Gasteiger partial charge in [-0.1, -0.05) is 36.4 Å². The zero-order valence-electron chi connectivity index (χ0n) is 13.9. The van der Waals surface area contributed by atoms with E-state index >= 15 is 0 Å². The van der Waals surface area contributed by atoms with Crippen molar-refractivity contribution < 1.29 is 17.5 Å². The lowest BCUT2D eigenvalue weighted by molar-refractivity contribution is 0.385. The van der Waals surface area contributed by atoms with Gasteiger partial charge in [-0.05, 0) is 40.6 Å². The molecule has 0 N–H and O–H groups in total. The number of ether oxygens (including phenoxy) is 1. The molecule has 0 bridgehead atoms. The number of benzene rings is 3. The van der Waals surface area contributed by atoms with Crippen LogP contribution < -0.4 is 4.74 Å². The first-order chi connectivity index (χ1) is 11.9. The molecule has 0 aliphatic heterocycles. The van der Waals surface area contributed by atoms with Crippen LogP contribution in [0, 0.1) is 5.82 Å². The van der Waals surface area contributed by atoms with Crippen LogP contribution in [0.3, 0.4) is 0 Å². The van der Waals surface area contributed by atoms with E-state index in [0.29, 0.717) is 5.56 Å². The molecule has 0 spiro atoms. The number of methoxy groups -OCH3 is 1. The van der Waals surface area contributed by atoms with Crippen LogP contribution in [0.5, 0.6) is 5.75 Å². The topological polar surface area (TPSA) is 46.6 Å². The first-order valence-corrected chi connectivity index (χ1v) is 9.13. The third-order valence-corrected chi connectivity index (χ3v) is 5.85. The zero-order valence-corrected chi connectivity index (χ0v) is 14.8. The number of hydrogen-bond acceptors (Lipinski definition) is 3. The second-order valence-electron chi connectivity index (χ2n) is 5.74. The van der Waals surface area contributed by atoms with E-state index in [9.17, 15) is 12.8 Å². The molecule has 0 fully saturated rings. The van der Waals surface area contributed by atoms with Gasteiger partial charge < -0.3 is 4.74 Å². The van der Waals surface area contributed by atoms with Crippen molar-refractivity contribution in [2.75, 3.05) is 14.2 Å². The third-order valence-electron chi connectivity index (χ3n) is 4.05. The molecular weight excluding hydrogens is 341 g/mol. The number of hydrogen-bond donors (Lipinski definition) is 0. The molecule has 0 aromatic heterocycles. The van der Waals surface area contributed by atoms with Gasteiger partial charge in [-0.25, -0.2) is 12.8 Å².